The number of benzene rings is 1. The molecule has 2 N–H and O–H groups in total. The van der Waals surface area contributed by atoms with Crippen LogP contribution in [-0.2, 0) is 6.42 Å². The van der Waals surface area contributed by atoms with Crippen molar-refractivity contribution in [1.29, 1.82) is 0 Å². The molecule has 3 rings (SSSR count). The first-order valence-corrected chi connectivity index (χ1v) is 6.78. The third-order valence-corrected chi connectivity index (χ3v) is 3.67. The van der Waals surface area contributed by atoms with Gasteiger partial charge in [0.1, 0.15) is 0 Å². The molecule has 0 bridgehead atoms. The zero-order valence-corrected chi connectivity index (χ0v) is 11.0. The molecular formula is C16H16N2O2. The van der Waals surface area contributed by atoms with Crippen LogP contribution in [0.2, 0.25) is 0 Å². The zero-order chi connectivity index (χ0) is 13.9. The minimum absolute atomic E-state index is 0.204. The summed E-state index contributed by atoms with van der Waals surface area (Å²) < 4.78 is 0. The number of pyridine rings is 1. The predicted octanol–water partition coefficient (Wildman–Crippen LogP) is 3.27. The Kier molecular flexibility index (Phi) is 3.37. The molecule has 0 radical (unpaired) electrons. The van der Waals surface area contributed by atoms with E-state index in [1.165, 1.54) is 5.56 Å². The minimum atomic E-state index is -0.902. The van der Waals surface area contributed by atoms with Crippen LogP contribution in [0.25, 0.3) is 0 Å². The molecule has 0 saturated carbocycles. The summed E-state index contributed by atoms with van der Waals surface area (Å²) in [6.45, 7) is 0. The highest BCUT2D eigenvalue weighted by Crippen LogP contribution is 2.30. The van der Waals surface area contributed by atoms with E-state index in [9.17, 15) is 4.79 Å². The SMILES string of the molecule is O=C(O)c1ccc(NC2CCCc3cccnc32)cc1. The van der Waals surface area contributed by atoms with Crippen LogP contribution in [-0.4, -0.2) is 16.1 Å². The number of anilines is 1. The van der Waals surface area contributed by atoms with Gasteiger partial charge in [-0.2, -0.15) is 0 Å². The lowest BCUT2D eigenvalue weighted by Crippen LogP contribution is -2.18. The minimum Gasteiger partial charge on any atom is -0.478 e. The molecule has 4 nitrogen and oxygen atoms in total. The van der Waals surface area contributed by atoms with Crippen LogP contribution in [0.15, 0.2) is 42.6 Å². The van der Waals surface area contributed by atoms with Gasteiger partial charge >= 0.3 is 5.97 Å². The van der Waals surface area contributed by atoms with Gasteiger partial charge in [-0.15, -0.1) is 0 Å². The Morgan fingerprint density at radius 3 is 2.80 bits per heavy atom. The smallest absolute Gasteiger partial charge is 0.335 e. The molecule has 1 atom stereocenters. The summed E-state index contributed by atoms with van der Waals surface area (Å²) in [6, 6.07) is 11.2. The first-order chi connectivity index (χ1) is 9.74. The molecule has 2 aromatic rings. The lowest BCUT2D eigenvalue weighted by atomic mass is 9.92. The van der Waals surface area contributed by atoms with Crippen LogP contribution in [0.4, 0.5) is 5.69 Å². The number of carboxylic acids is 1. The molecule has 1 aromatic carbocycles. The maximum atomic E-state index is 10.8. The van der Waals surface area contributed by atoms with Crippen molar-refractivity contribution < 1.29 is 9.90 Å². The molecule has 102 valence electrons. The van der Waals surface area contributed by atoms with Crippen LogP contribution in [0.3, 0.4) is 0 Å². The molecule has 1 aliphatic carbocycles. The Morgan fingerprint density at radius 1 is 1.25 bits per heavy atom. The molecule has 1 unspecified atom stereocenters. The van der Waals surface area contributed by atoms with Crippen molar-refractivity contribution in [2.45, 2.75) is 25.3 Å². The van der Waals surface area contributed by atoms with E-state index in [0.717, 1.165) is 30.6 Å². The van der Waals surface area contributed by atoms with Crippen molar-refractivity contribution in [2.75, 3.05) is 5.32 Å². The fourth-order valence-electron chi connectivity index (χ4n) is 2.66. The van der Waals surface area contributed by atoms with E-state index in [2.05, 4.69) is 16.4 Å². The number of aryl methyl sites for hydroxylation is 1. The van der Waals surface area contributed by atoms with Gasteiger partial charge in [-0.25, -0.2) is 4.79 Å². The van der Waals surface area contributed by atoms with E-state index in [0.29, 0.717) is 5.56 Å². The van der Waals surface area contributed by atoms with Crippen LogP contribution >= 0.6 is 0 Å². The van der Waals surface area contributed by atoms with Gasteiger partial charge in [0.2, 0.25) is 0 Å². The molecule has 0 saturated heterocycles. The lowest BCUT2D eigenvalue weighted by Gasteiger charge is -2.26. The Morgan fingerprint density at radius 2 is 2.05 bits per heavy atom. The van der Waals surface area contributed by atoms with E-state index in [1.54, 1.807) is 24.3 Å². The molecular weight excluding hydrogens is 252 g/mol. The van der Waals surface area contributed by atoms with E-state index in [4.69, 9.17) is 5.11 Å². The molecule has 1 heterocycles. The van der Waals surface area contributed by atoms with Gasteiger partial charge in [-0.05, 0) is 55.2 Å². The Hall–Kier alpha value is -2.36. The van der Waals surface area contributed by atoms with Gasteiger partial charge in [0.05, 0.1) is 17.3 Å². The monoisotopic (exact) mass is 268 g/mol. The number of aromatic nitrogens is 1. The summed E-state index contributed by atoms with van der Waals surface area (Å²) in [6.07, 6.45) is 5.10. The van der Waals surface area contributed by atoms with Gasteiger partial charge in [0.25, 0.3) is 0 Å². The second-order valence-corrected chi connectivity index (χ2v) is 5.02. The van der Waals surface area contributed by atoms with Gasteiger partial charge < -0.3 is 10.4 Å². The Bertz CT molecular complexity index is 623. The zero-order valence-electron chi connectivity index (χ0n) is 11.0. The van der Waals surface area contributed by atoms with E-state index in [1.807, 2.05) is 12.3 Å². The van der Waals surface area contributed by atoms with Gasteiger partial charge in [0, 0.05) is 11.9 Å². The Labute approximate surface area is 117 Å². The number of fused-ring (bicyclic) bond motifs is 1. The average Bonchev–Trinajstić information content (AvgIpc) is 2.48. The van der Waals surface area contributed by atoms with Gasteiger partial charge in [-0.1, -0.05) is 6.07 Å². The quantitative estimate of drug-likeness (QED) is 0.896. The number of aromatic carboxylic acids is 1. The van der Waals surface area contributed by atoms with Gasteiger partial charge in [0.15, 0.2) is 0 Å². The second-order valence-electron chi connectivity index (χ2n) is 5.02. The van der Waals surface area contributed by atoms with Crippen molar-refractivity contribution in [3.8, 4) is 0 Å². The second kappa shape index (κ2) is 5.33. The van der Waals surface area contributed by atoms with Crippen LogP contribution in [0, 0.1) is 0 Å². The summed E-state index contributed by atoms with van der Waals surface area (Å²) in [4.78, 5) is 15.3. The van der Waals surface area contributed by atoms with Crippen LogP contribution in [0.1, 0.15) is 40.5 Å². The topological polar surface area (TPSA) is 62.2 Å². The Balaban J connectivity index is 1.80. The molecule has 0 spiro atoms. The van der Waals surface area contributed by atoms with Crippen LogP contribution in [0.5, 0.6) is 0 Å². The van der Waals surface area contributed by atoms with E-state index < -0.39 is 5.97 Å². The maximum absolute atomic E-state index is 10.8. The predicted molar refractivity (Wildman–Crippen MR) is 76.9 cm³/mol. The largest absolute Gasteiger partial charge is 0.478 e. The molecule has 1 aromatic heterocycles. The summed E-state index contributed by atoms with van der Waals surface area (Å²) >= 11 is 0. The number of rotatable bonds is 3. The first-order valence-electron chi connectivity index (χ1n) is 6.78. The highest BCUT2D eigenvalue weighted by molar-refractivity contribution is 5.88. The molecule has 0 aliphatic heterocycles. The summed E-state index contributed by atoms with van der Waals surface area (Å²) in [7, 11) is 0. The van der Waals surface area contributed by atoms with Gasteiger partial charge in [-0.3, -0.25) is 4.98 Å². The van der Waals surface area contributed by atoms with E-state index in [-0.39, 0.29) is 6.04 Å². The fourth-order valence-corrected chi connectivity index (χ4v) is 2.66. The number of hydrogen-bond acceptors (Lipinski definition) is 3. The fraction of sp³-hybridized carbons (Fsp3) is 0.250. The number of hydrogen-bond donors (Lipinski definition) is 2. The number of carbonyl (C=O) groups is 1. The van der Waals surface area contributed by atoms with Crippen molar-refractivity contribution in [3.63, 3.8) is 0 Å². The van der Waals surface area contributed by atoms with Crippen molar-refractivity contribution in [3.05, 3.63) is 59.4 Å². The number of nitrogens with one attached hydrogen (secondary N) is 1. The maximum Gasteiger partial charge on any atom is 0.335 e. The lowest BCUT2D eigenvalue weighted by molar-refractivity contribution is 0.0697. The standard InChI is InChI=1S/C16H16N2O2/c19-16(20)12-6-8-13(9-7-12)18-14-5-1-3-11-4-2-10-17-15(11)14/h2,4,6-10,14,18H,1,3,5H2,(H,19,20). The summed E-state index contributed by atoms with van der Waals surface area (Å²) in [5.41, 5.74) is 3.65. The first kappa shape index (κ1) is 12.7. The highest BCUT2D eigenvalue weighted by Gasteiger charge is 2.20. The van der Waals surface area contributed by atoms with E-state index >= 15 is 0 Å². The third-order valence-electron chi connectivity index (χ3n) is 3.67. The summed E-state index contributed by atoms with van der Waals surface area (Å²) in [5, 5.41) is 12.3. The van der Waals surface area contributed by atoms with Crippen LogP contribution < -0.4 is 5.32 Å². The number of carboxylic acid groups (broad SMARTS) is 1. The molecule has 4 heteroatoms. The number of nitrogens with zero attached hydrogens (tertiary/aromatic N) is 1. The average molecular weight is 268 g/mol. The summed E-state index contributed by atoms with van der Waals surface area (Å²) in [5.74, 6) is -0.902. The molecule has 1 aliphatic rings. The molecule has 20 heavy (non-hydrogen) atoms. The van der Waals surface area contributed by atoms with Crippen molar-refractivity contribution >= 4 is 11.7 Å². The normalized spacial score (nSPS) is 17.3. The van der Waals surface area contributed by atoms with Crippen molar-refractivity contribution in [1.82, 2.24) is 4.98 Å². The van der Waals surface area contributed by atoms with Crippen molar-refractivity contribution in [2.24, 2.45) is 0 Å². The third kappa shape index (κ3) is 2.50. The molecule has 0 amide bonds. The molecule has 0 fully saturated rings. The highest BCUT2D eigenvalue weighted by atomic mass is 16.4.